The van der Waals surface area contributed by atoms with Gasteiger partial charge in [0.15, 0.2) is 0 Å². The molecule has 0 aliphatic carbocycles. The van der Waals surface area contributed by atoms with Crippen LogP contribution in [-0.4, -0.2) is 47.6 Å². The Hall–Kier alpha value is -0.750. The van der Waals surface area contributed by atoms with Crippen molar-refractivity contribution < 1.29 is 14.7 Å². The third-order valence-electron chi connectivity index (χ3n) is 2.24. The van der Waals surface area contributed by atoms with Crippen LogP contribution in [0.1, 0.15) is 6.92 Å². The van der Waals surface area contributed by atoms with E-state index in [4.69, 9.17) is 5.11 Å². The summed E-state index contributed by atoms with van der Waals surface area (Å²) in [4.78, 5) is 22.1. The average Bonchev–Trinajstić information content (AvgIpc) is 2.26. The Kier molecular flexibility index (Phi) is 4.90. The van der Waals surface area contributed by atoms with Crippen LogP contribution in [0.4, 0.5) is 0 Å². The summed E-state index contributed by atoms with van der Waals surface area (Å²) in [6.45, 7) is 2.60. The highest BCUT2D eigenvalue weighted by atomic mass is 32.2. The lowest BCUT2D eigenvalue weighted by molar-refractivity contribution is -0.141. The van der Waals surface area contributed by atoms with E-state index in [2.05, 4.69) is 10.6 Å². The normalized spacial score (nSPS) is 23.1. The molecule has 0 aromatic carbocycles. The number of hydrogen-bond acceptors (Lipinski definition) is 4. The number of thioether (sulfide) groups is 1. The second kappa shape index (κ2) is 5.97. The summed E-state index contributed by atoms with van der Waals surface area (Å²) < 4.78 is 0. The zero-order chi connectivity index (χ0) is 11.3. The molecule has 1 aliphatic rings. The predicted molar refractivity (Wildman–Crippen MR) is 58.9 cm³/mol. The molecule has 0 saturated carbocycles. The maximum absolute atomic E-state index is 11.5. The maximum Gasteiger partial charge on any atom is 0.308 e. The van der Waals surface area contributed by atoms with Crippen LogP contribution >= 0.6 is 11.8 Å². The van der Waals surface area contributed by atoms with Crippen molar-refractivity contribution in [3.8, 4) is 0 Å². The summed E-state index contributed by atoms with van der Waals surface area (Å²) in [5.41, 5.74) is 0. The minimum atomic E-state index is -0.888. The van der Waals surface area contributed by atoms with Gasteiger partial charge in [0.05, 0.1) is 12.0 Å². The van der Waals surface area contributed by atoms with E-state index in [-0.39, 0.29) is 18.5 Å². The topological polar surface area (TPSA) is 78.4 Å². The molecule has 1 aliphatic heterocycles. The molecule has 1 amide bonds. The van der Waals surface area contributed by atoms with E-state index in [9.17, 15) is 9.59 Å². The molecule has 6 heteroatoms. The van der Waals surface area contributed by atoms with Gasteiger partial charge >= 0.3 is 5.97 Å². The second-order valence-corrected chi connectivity index (χ2v) is 4.72. The van der Waals surface area contributed by atoms with Crippen molar-refractivity contribution >= 4 is 23.6 Å². The highest BCUT2D eigenvalue weighted by Crippen LogP contribution is 2.07. The Morgan fingerprint density at radius 2 is 2.40 bits per heavy atom. The van der Waals surface area contributed by atoms with Gasteiger partial charge in [-0.3, -0.25) is 9.59 Å². The molecule has 86 valence electrons. The number of carbonyl (C=O) groups is 2. The molecular weight excluding hydrogens is 216 g/mol. The number of amides is 1. The van der Waals surface area contributed by atoms with Crippen LogP contribution in [0.3, 0.4) is 0 Å². The van der Waals surface area contributed by atoms with E-state index in [1.54, 1.807) is 18.7 Å². The zero-order valence-corrected chi connectivity index (χ0v) is 9.47. The molecule has 1 rings (SSSR count). The van der Waals surface area contributed by atoms with E-state index >= 15 is 0 Å². The Balaban J connectivity index is 2.25. The first-order valence-corrected chi connectivity index (χ1v) is 6.08. The van der Waals surface area contributed by atoms with Crippen molar-refractivity contribution in [1.29, 1.82) is 0 Å². The summed E-state index contributed by atoms with van der Waals surface area (Å²) in [6, 6.07) is -0.176. The quantitative estimate of drug-likeness (QED) is 0.610. The van der Waals surface area contributed by atoms with E-state index in [1.807, 2.05) is 0 Å². The van der Waals surface area contributed by atoms with E-state index in [0.717, 1.165) is 18.1 Å². The molecular formula is C9H16N2O3S. The summed E-state index contributed by atoms with van der Waals surface area (Å²) in [5.74, 6) is 0.254. The van der Waals surface area contributed by atoms with Crippen LogP contribution in [0.5, 0.6) is 0 Å². The minimum Gasteiger partial charge on any atom is -0.481 e. The van der Waals surface area contributed by atoms with Gasteiger partial charge in [0.2, 0.25) is 5.91 Å². The van der Waals surface area contributed by atoms with Crippen molar-refractivity contribution in [2.45, 2.75) is 13.0 Å². The molecule has 1 heterocycles. The first-order valence-electron chi connectivity index (χ1n) is 4.93. The second-order valence-electron chi connectivity index (χ2n) is 3.57. The van der Waals surface area contributed by atoms with Gasteiger partial charge in [-0.05, 0) is 0 Å². The first-order chi connectivity index (χ1) is 7.11. The Morgan fingerprint density at radius 3 is 2.93 bits per heavy atom. The van der Waals surface area contributed by atoms with Crippen molar-refractivity contribution in [3.05, 3.63) is 0 Å². The van der Waals surface area contributed by atoms with Crippen LogP contribution in [0.2, 0.25) is 0 Å². The van der Waals surface area contributed by atoms with Gasteiger partial charge in [0.25, 0.3) is 0 Å². The molecule has 15 heavy (non-hydrogen) atoms. The van der Waals surface area contributed by atoms with Crippen molar-refractivity contribution in [2.75, 3.05) is 24.6 Å². The molecule has 3 N–H and O–H groups in total. The lowest BCUT2D eigenvalue weighted by Crippen LogP contribution is -2.50. The number of aliphatic carboxylic acids is 1. The highest BCUT2D eigenvalue weighted by molar-refractivity contribution is 7.99. The number of rotatable bonds is 4. The number of carboxylic acids is 1. The standard InChI is InChI=1S/C9H16N2O3S/c1-6(9(13)14)4-11-8(12)7-5-15-3-2-10-7/h6-7,10H,2-5H2,1H3,(H,11,12)(H,13,14). The molecule has 2 atom stereocenters. The Morgan fingerprint density at radius 1 is 1.67 bits per heavy atom. The molecule has 0 aromatic rings. The van der Waals surface area contributed by atoms with E-state index in [0.29, 0.717) is 0 Å². The van der Waals surface area contributed by atoms with Crippen LogP contribution in [0.15, 0.2) is 0 Å². The highest BCUT2D eigenvalue weighted by Gasteiger charge is 2.21. The van der Waals surface area contributed by atoms with Gasteiger partial charge in [-0.25, -0.2) is 0 Å². The molecule has 0 bridgehead atoms. The van der Waals surface area contributed by atoms with Gasteiger partial charge in [-0.15, -0.1) is 0 Å². The third-order valence-corrected chi connectivity index (χ3v) is 3.30. The van der Waals surface area contributed by atoms with Gasteiger partial charge in [-0.1, -0.05) is 6.92 Å². The molecule has 0 radical (unpaired) electrons. The monoisotopic (exact) mass is 232 g/mol. The van der Waals surface area contributed by atoms with Gasteiger partial charge in [0.1, 0.15) is 0 Å². The van der Waals surface area contributed by atoms with E-state index in [1.165, 1.54) is 0 Å². The van der Waals surface area contributed by atoms with Gasteiger partial charge < -0.3 is 15.7 Å². The maximum atomic E-state index is 11.5. The lowest BCUT2D eigenvalue weighted by Gasteiger charge is -2.22. The number of nitrogens with one attached hydrogen (secondary N) is 2. The van der Waals surface area contributed by atoms with Crippen LogP contribution in [0.25, 0.3) is 0 Å². The first kappa shape index (κ1) is 12.3. The zero-order valence-electron chi connectivity index (χ0n) is 8.66. The SMILES string of the molecule is CC(CNC(=O)C1CSCCN1)C(=O)O. The van der Waals surface area contributed by atoms with Crippen molar-refractivity contribution in [3.63, 3.8) is 0 Å². The van der Waals surface area contributed by atoms with Crippen molar-refractivity contribution in [2.24, 2.45) is 5.92 Å². The van der Waals surface area contributed by atoms with Crippen LogP contribution < -0.4 is 10.6 Å². The molecule has 2 unspecified atom stereocenters. The van der Waals surface area contributed by atoms with Gasteiger partial charge in [-0.2, -0.15) is 11.8 Å². The molecule has 1 saturated heterocycles. The third kappa shape index (κ3) is 4.09. The number of carbonyl (C=O) groups excluding carboxylic acids is 1. The predicted octanol–water partition coefficient (Wildman–Crippen LogP) is -0.472. The summed E-state index contributed by atoms with van der Waals surface area (Å²) in [5, 5.41) is 14.4. The largest absolute Gasteiger partial charge is 0.481 e. The fraction of sp³-hybridized carbons (Fsp3) is 0.778. The average molecular weight is 232 g/mol. The number of carboxylic acid groups (broad SMARTS) is 1. The fourth-order valence-corrected chi connectivity index (χ4v) is 2.13. The van der Waals surface area contributed by atoms with Crippen molar-refractivity contribution in [1.82, 2.24) is 10.6 Å². The molecule has 0 spiro atoms. The van der Waals surface area contributed by atoms with Crippen LogP contribution in [-0.2, 0) is 9.59 Å². The summed E-state index contributed by atoms with van der Waals surface area (Å²) in [6.07, 6.45) is 0. The lowest BCUT2D eigenvalue weighted by atomic mass is 10.2. The Labute approximate surface area is 93.0 Å². The van der Waals surface area contributed by atoms with Crippen LogP contribution in [0, 0.1) is 5.92 Å². The minimum absolute atomic E-state index is 0.102. The smallest absolute Gasteiger partial charge is 0.308 e. The van der Waals surface area contributed by atoms with Gasteiger partial charge in [0, 0.05) is 24.6 Å². The molecule has 1 fully saturated rings. The molecule has 0 aromatic heterocycles. The number of hydrogen-bond donors (Lipinski definition) is 3. The summed E-state index contributed by atoms with van der Waals surface area (Å²) >= 11 is 1.73. The fourth-order valence-electron chi connectivity index (χ4n) is 1.20. The molecule has 5 nitrogen and oxygen atoms in total. The summed E-state index contributed by atoms with van der Waals surface area (Å²) in [7, 11) is 0. The van der Waals surface area contributed by atoms with E-state index < -0.39 is 11.9 Å². The Bertz CT molecular complexity index is 242.